The maximum absolute atomic E-state index is 10.3. The summed E-state index contributed by atoms with van der Waals surface area (Å²) in [6.45, 7) is 2.54. The third-order valence-corrected chi connectivity index (χ3v) is 4.16. The van der Waals surface area contributed by atoms with Crippen molar-refractivity contribution in [3.8, 4) is 0 Å². The first kappa shape index (κ1) is 17.4. The number of amidine groups is 1. The number of aliphatic hydroxyl groups is 1. The summed E-state index contributed by atoms with van der Waals surface area (Å²) in [4.78, 5) is 1.71. The van der Waals surface area contributed by atoms with E-state index < -0.39 is 16.5 Å². The van der Waals surface area contributed by atoms with Gasteiger partial charge in [-0.25, -0.2) is 0 Å². The van der Waals surface area contributed by atoms with Gasteiger partial charge in [-0.05, 0) is 26.2 Å². The topological polar surface area (TPSA) is 114 Å². The van der Waals surface area contributed by atoms with Crippen LogP contribution in [0, 0.1) is 5.41 Å². The van der Waals surface area contributed by atoms with Crippen LogP contribution < -0.4 is 4.72 Å². The van der Waals surface area contributed by atoms with Gasteiger partial charge in [0.05, 0.1) is 5.84 Å². The fourth-order valence-corrected chi connectivity index (χ4v) is 3.20. The summed E-state index contributed by atoms with van der Waals surface area (Å²) < 4.78 is 31.3. The van der Waals surface area contributed by atoms with E-state index in [4.69, 9.17) is 15.1 Å². The molecule has 2 aliphatic rings. The Morgan fingerprint density at radius 2 is 1.90 bits per heavy atom. The second-order valence-electron chi connectivity index (χ2n) is 5.30. The number of rotatable bonds is 3. The Hall–Kier alpha value is -0.700. The van der Waals surface area contributed by atoms with Crippen molar-refractivity contribution in [1.29, 1.82) is 5.41 Å². The average Bonchev–Trinajstić information content (AvgIpc) is 2.75. The second kappa shape index (κ2) is 7.92. The number of nitrogens with zero attached hydrogens (tertiary/aromatic N) is 1. The predicted molar refractivity (Wildman–Crippen MR) is 76.9 cm³/mol. The van der Waals surface area contributed by atoms with Crippen LogP contribution in [0.15, 0.2) is 0 Å². The van der Waals surface area contributed by atoms with Gasteiger partial charge in [0, 0.05) is 19.0 Å². The lowest BCUT2D eigenvalue weighted by atomic mass is 9.96. The molecule has 1 unspecified atom stereocenters. The molecule has 8 heteroatoms. The predicted octanol–water partition coefficient (Wildman–Crippen LogP) is 1.11. The van der Waals surface area contributed by atoms with E-state index in [1.165, 1.54) is 6.42 Å². The molecule has 0 amide bonds. The van der Waals surface area contributed by atoms with Crippen LogP contribution >= 0.6 is 0 Å². The Balaban J connectivity index is 0.000000204. The fourth-order valence-electron chi connectivity index (χ4n) is 2.54. The zero-order valence-corrected chi connectivity index (χ0v) is 12.7. The van der Waals surface area contributed by atoms with Crippen LogP contribution in [0.3, 0.4) is 0 Å². The molecular weight excluding hydrogens is 282 g/mol. The SMILES string of the molecule is CC(O)N1CCCC1=N.O=S(=O)(O)NC1CCCCC1. The molecule has 1 heterocycles. The van der Waals surface area contributed by atoms with Gasteiger partial charge in [0.15, 0.2) is 0 Å². The van der Waals surface area contributed by atoms with Crippen molar-refractivity contribution in [2.75, 3.05) is 6.54 Å². The number of nitrogens with one attached hydrogen (secondary N) is 2. The number of likely N-dealkylation sites (tertiary alicyclic amines) is 1. The molecule has 1 atom stereocenters. The summed E-state index contributed by atoms with van der Waals surface area (Å²) in [5, 5.41) is 16.3. The van der Waals surface area contributed by atoms with Gasteiger partial charge in [-0.2, -0.15) is 13.1 Å². The van der Waals surface area contributed by atoms with Crippen LogP contribution in [-0.2, 0) is 10.3 Å². The number of hydrogen-bond acceptors (Lipinski definition) is 4. The molecule has 1 aliphatic heterocycles. The van der Waals surface area contributed by atoms with Crippen molar-refractivity contribution >= 4 is 16.1 Å². The Morgan fingerprint density at radius 1 is 1.30 bits per heavy atom. The first-order chi connectivity index (χ1) is 9.29. The highest BCUT2D eigenvalue weighted by Gasteiger charge is 2.19. The van der Waals surface area contributed by atoms with E-state index in [1.54, 1.807) is 11.8 Å². The molecular formula is C12H25N3O4S. The highest BCUT2D eigenvalue weighted by molar-refractivity contribution is 7.83. The minimum absolute atomic E-state index is 0.0428. The molecule has 7 nitrogen and oxygen atoms in total. The molecule has 20 heavy (non-hydrogen) atoms. The largest absolute Gasteiger partial charge is 0.374 e. The maximum Gasteiger partial charge on any atom is 0.333 e. The molecule has 0 aromatic rings. The molecule has 2 fully saturated rings. The van der Waals surface area contributed by atoms with Crippen molar-refractivity contribution in [1.82, 2.24) is 9.62 Å². The Labute approximate surface area is 120 Å². The van der Waals surface area contributed by atoms with Crippen molar-refractivity contribution in [3.05, 3.63) is 0 Å². The van der Waals surface area contributed by atoms with Crippen molar-refractivity contribution in [3.63, 3.8) is 0 Å². The van der Waals surface area contributed by atoms with Gasteiger partial charge in [0.25, 0.3) is 0 Å². The summed E-state index contributed by atoms with van der Waals surface area (Å²) in [5.41, 5.74) is 0. The monoisotopic (exact) mass is 307 g/mol. The molecule has 4 N–H and O–H groups in total. The third kappa shape index (κ3) is 6.65. The molecule has 1 aliphatic carbocycles. The van der Waals surface area contributed by atoms with E-state index in [-0.39, 0.29) is 6.04 Å². The van der Waals surface area contributed by atoms with Crippen LogP contribution in [0.2, 0.25) is 0 Å². The highest BCUT2D eigenvalue weighted by atomic mass is 32.2. The lowest BCUT2D eigenvalue weighted by Gasteiger charge is -2.20. The molecule has 0 spiro atoms. The summed E-state index contributed by atoms with van der Waals surface area (Å²) in [7, 11) is -3.97. The minimum atomic E-state index is -3.97. The van der Waals surface area contributed by atoms with E-state index >= 15 is 0 Å². The normalized spacial score (nSPS) is 22.4. The van der Waals surface area contributed by atoms with Crippen LogP contribution in [0.25, 0.3) is 0 Å². The summed E-state index contributed by atoms with van der Waals surface area (Å²) >= 11 is 0. The molecule has 118 valence electrons. The van der Waals surface area contributed by atoms with Gasteiger partial charge in [-0.1, -0.05) is 19.3 Å². The smallest absolute Gasteiger partial charge is 0.333 e. The lowest BCUT2D eigenvalue weighted by molar-refractivity contribution is 0.0772. The van der Waals surface area contributed by atoms with E-state index in [1.807, 2.05) is 0 Å². The zero-order chi connectivity index (χ0) is 15.2. The standard InChI is InChI=1S/C6H12N2O.C6H13NO3S/c1-5(9)8-4-2-3-6(8)7;8-11(9,10)7-6-4-2-1-3-5-6/h5,7,9H,2-4H2,1H3;6-7H,1-5H2,(H,8,9,10). The van der Waals surface area contributed by atoms with Gasteiger partial charge in [-0.3, -0.25) is 9.96 Å². The first-order valence-electron chi connectivity index (χ1n) is 7.06. The van der Waals surface area contributed by atoms with Crippen LogP contribution in [0.1, 0.15) is 51.9 Å². The van der Waals surface area contributed by atoms with E-state index in [9.17, 15) is 8.42 Å². The Bertz CT molecular complexity index is 405. The molecule has 0 radical (unpaired) electrons. The van der Waals surface area contributed by atoms with Gasteiger partial charge < -0.3 is 10.0 Å². The maximum atomic E-state index is 10.3. The first-order valence-corrected chi connectivity index (χ1v) is 8.50. The molecule has 0 bridgehead atoms. The highest BCUT2D eigenvalue weighted by Crippen LogP contribution is 2.17. The lowest BCUT2D eigenvalue weighted by Crippen LogP contribution is -2.35. The van der Waals surface area contributed by atoms with Gasteiger partial charge in [0.2, 0.25) is 0 Å². The molecule has 1 saturated carbocycles. The summed E-state index contributed by atoms with van der Waals surface area (Å²) in [6.07, 6.45) is 6.33. The van der Waals surface area contributed by atoms with Gasteiger partial charge in [-0.15, -0.1) is 0 Å². The van der Waals surface area contributed by atoms with Crippen LogP contribution in [-0.4, -0.2) is 47.6 Å². The third-order valence-electron chi connectivity index (χ3n) is 3.53. The molecule has 2 rings (SSSR count). The molecule has 0 aromatic heterocycles. The van der Waals surface area contributed by atoms with Gasteiger partial charge in [0.1, 0.15) is 6.23 Å². The van der Waals surface area contributed by atoms with E-state index in [2.05, 4.69) is 4.72 Å². The summed E-state index contributed by atoms with van der Waals surface area (Å²) in [5.74, 6) is 0.574. The quantitative estimate of drug-likeness (QED) is 0.583. The summed E-state index contributed by atoms with van der Waals surface area (Å²) in [6, 6.07) is -0.0428. The second-order valence-corrected chi connectivity index (χ2v) is 6.49. The van der Waals surface area contributed by atoms with Gasteiger partial charge >= 0.3 is 10.3 Å². The zero-order valence-electron chi connectivity index (χ0n) is 11.9. The number of aliphatic hydroxyl groups excluding tert-OH is 1. The Kier molecular flexibility index (Phi) is 6.87. The molecule has 1 saturated heterocycles. The van der Waals surface area contributed by atoms with Crippen LogP contribution in [0.4, 0.5) is 0 Å². The van der Waals surface area contributed by atoms with Crippen LogP contribution in [0.5, 0.6) is 0 Å². The minimum Gasteiger partial charge on any atom is -0.374 e. The molecule has 0 aromatic carbocycles. The Morgan fingerprint density at radius 3 is 2.25 bits per heavy atom. The van der Waals surface area contributed by atoms with E-state index in [0.29, 0.717) is 5.84 Å². The van der Waals surface area contributed by atoms with Crippen molar-refractivity contribution in [2.45, 2.75) is 64.1 Å². The van der Waals surface area contributed by atoms with Crippen molar-refractivity contribution in [2.24, 2.45) is 0 Å². The van der Waals surface area contributed by atoms with E-state index in [0.717, 1.165) is 45.1 Å². The average molecular weight is 307 g/mol. The van der Waals surface area contributed by atoms with Crippen molar-refractivity contribution < 1.29 is 18.1 Å². The fraction of sp³-hybridized carbons (Fsp3) is 0.917. The number of hydrogen-bond donors (Lipinski definition) is 4.